The Balaban J connectivity index is 1.63. The third-order valence-corrected chi connectivity index (χ3v) is 7.93. The summed E-state index contributed by atoms with van der Waals surface area (Å²) < 4.78 is 0. The maximum absolute atomic E-state index is 13.6. The van der Waals surface area contributed by atoms with E-state index in [1.54, 1.807) is 6.92 Å². The second-order valence-electron chi connectivity index (χ2n) is 12.8. The molecular weight excluding hydrogens is 468 g/mol. The monoisotopic (exact) mass is 512 g/mol. The summed E-state index contributed by atoms with van der Waals surface area (Å²) in [6, 6.07) is 24.8. The van der Waals surface area contributed by atoms with Crippen molar-refractivity contribution < 1.29 is 9.90 Å². The molecule has 0 saturated carbocycles. The highest BCUT2D eigenvalue weighted by Gasteiger charge is 2.45. The highest BCUT2D eigenvalue weighted by Crippen LogP contribution is 2.41. The molecule has 0 unspecified atom stereocenters. The molecule has 1 saturated heterocycles. The summed E-state index contributed by atoms with van der Waals surface area (Å²) in [4.78, 5) is 18.4. The first kappa shape index (κ1) is 28.1. The standard InChI is InChI=1S/C34H44N2O2/c1-25(37)34(27-14-10-8-11-15-27,28-16-12-9-13-17-28)36-20-18-35(19-21-36)24-26-22-29(32(2,3)4)31(38)30(23-26)33(5,6)7/h8-17,22-23,38H,18-21,24H2,1-7H3. The number of hydrogen-bond acceptors (Lipinski definition) is 4. The van der Waals surface area contributed by atoms with E-state index in [-0.39, 0.29) is 16.6 Å². The number of hydrogen-bond donors (Lipinski definition) is 1. The number of phenols is 1. The van der Waals surface area contributed by atoms with E-state index in [9.17, 15) is 9.90 Å². The largest absolute Gasteiger partial charge is 0.507 e. The Morgan fingerprint density at radius 2 is 1.16 bits per heavy atom. The molecule has 0 aliphatic carbocycles. The van der Waals surface area contributed by atoms with Crippen LogP contribution < -0.4 is 0 Å². The molecule has 0 atom stereocenters. The van der Waals surface area contributed by atoms with Crippen LogP contribution in [0.3, 0.4) is 0 Å². The van der Waals surface area contributed by atoms with E-state index < -0.39 is 5.54 Å². The third-order valence-electron chi connectivity index (χ3n) is 7.93. The van der Waals surface area contributed by atoms with Gasteiger partial charge < -0.3 is 5.11 Å². The van der Waals surface area contributed by atoms with Gasteiger partial charge in [-0.05, 0) is 45.6 Å². The smallest absolute Gasteiger partial charge is 0.159 e. The minimum atomic E-state index is -0.800. The van der Waals surface area contributed by atoms with Crippen molar-refractivity contribution in [3.63, 3.8) is 0 Å². The normalized spacial score (nSPS) is 16.0. The number of phenolic OH excluding ortho intramolecular Hbond substituents is 1. The lowest BCUT2D eigenvalue weighted by atomic mass is 9.77. The molecule has 1 fully saturated rings. The summed E-state index contributed by atoms with van der Waals surface area (Å²) in [5, 5.41) is 11.1. The average molecular weight is 513 g/mol. The van der Waals surface area contributed by atoms with Gasteiger partial charge in [0, 0.05) is 32.7 Å². The van der Waals surface area contributed by atoms with Gasteiger partial charge in [0.05, 0.1) is 0 Å². The van der Waals surface area contributed by atoms with E-state index in [0.29, 0.717) is 5.75 Å². The topological polar surface area (TPSA) is 43.8 Å². The number of ketones is 1. The van der Waals surface area contributed by atoms with Crippen molar-refractivity contribution in [3.8, 4) is 5.75 Å². The Kier molecular flexibility index (Phi) is 7.88. The fraction of sp³-hybridized carbons (Fsp3) is 0.441. The number of Topliss-reactive ketones (excluding diaryl/α,β-unsaturated/α-hetero) is 1. The molecule has 1 aliphatic heterocycles. The molecule has 4 nitrogen and oxygen atoms in total. The number of aromatic hydroxyl groups is 1. The maximum Gasteiger partial charge on any atom is 0.159 e. The predicted molar refractivity (Wildman–Crippen MR) is 157 cm³/mol. The minimum absolute atomic E-state index is 0.145. The van der Waals surface area contributed by atoms with Gasteiger partial charge in [-0.2, -0.15) is 0 Å². The Morgan fingerprint density at radius 1 is 0.737 bits per heavy atom. The van der Waals surface area contributed by atoms with Gasteiger partial charge in [-0.1, -0.05) is 114 Å². The summed E-state index contributed by atoms with van der Waals surface area (Å²) in [5.74, 6) is 0.571. The van der Waals surface area contributed by atoms with Crippen LogP contribution in [0.25, 0.3) is 0 Å². The van der Waals surface area contributed by atoms with Crippen LogP contribution in [0.2, 0.25) is 0 Å². The zero-order chi connectivity index (χ0) is 27.7. The van der Waals surface area contributed by atoms with Gasteiger partial charge in [0.25, 0.3) is 0 Å². The van der Waals surface area contributed by atoms with E-state index in [2.05, 4.69) is 87.7 Å². The summed E-state index contributed by atoms with van der Waals surface area (Å²) in [6.45, 7) is 18.8. The van der Waals surface area contributed by atoms with Crippen molar-refractivity contribution >= 4 is 5.78 Å². The highest BCUT2D eigenvalue weighted by molar-refractivity contribution is 5.91. The molecule has 0 bridgehead atoms. The number of benzene rings is 3. The zero-order valence-electron chi connectivity index (χ0n) is 24.2. The SMILES string of the molecule is CC(=O)C(c1ccccc1)(c1ccccc1)N1CCN(Cc2cc(C(C)(C)C)c(O)c(C(C)(C)C)c2)CC1. The Morgan fingerprint density at radius 3 is 1.53 bits per heavy atom. The van der Waals surface area contributed by atoms with Crippen LogP contribution in [0.5, 0.6) is 5.75 Å². The van der Waals surface area contributed by atoms with Crippen molar-refractivity contribution in [3.05, 3.63) is 101 Å². The van der Waals surface area contributed by atoms with Gasteiger partial charge in [0.1, 0.15) is 11.3 Å². The molecule has 1 aliphatic rings. The van der Waals surface area contributed by atoms with Crippen molar-refractivity contribution in [1.82, 2.24) is 9.80 Å². The van der Waals surface area contributed by atoms with Crippen LogP contribution in [0, 0.1) is 0 Å². The molecule has 38 heavy (non-hydrogen) atoms. The van der Waals surface area contributed by atoms with E-state index in [1.807, 2.05) is 36.4 Å². The average Bonchev–Trinajstić information content (AvgIpc) is 2.86. The Labute approximate surface area is 229 Å². The molecule has 3 aromatic carbocycles. The van der Waals surface area contributed by atoms with Crippen LogP contribution in [0.1, 0.15) is 76.3 Å². The van der Waals surface area contributed by atoms with E-state index in [4.69, 9.17) is 0 Å². The number of carbonyl (C=O) groups is 1. The molecule has 0 aromatic heterocycles. The molecule has 0 spiro atoms. The third kappa shape index (κ3) is 5.43. The summed E-state index contributed by atoms with van der Waals surface area (Å²) in [5.41, 5.74) is 4.19. The van der Waals surface area contributed by atoms with Gasteiger partial charge in [0.15, 0.2) is 5.78 Å². The van der Waals surface area contributed by atoms with Gasteiger partial charge in [0.2, 0.25) is 0 Å². The van der Waals surface area contributed by atoms with Gasteiger partial charge >= 0.3 is 0 Å². The fourth-order valence-electron chi connectivity index (χ4n) is 5.95. The number of nitrogens with zero attached hydrogens (tertiary/aromatic N) is 2. The molecule has 4 heteroatoms. The maximum atomic E-state index is 13.6. The quantitative estimate of drug-likeness (QED) is 0.402. The predicted octanol–water partition coefficient (Wildman–Crippen LogP) is 6.64. The second-order valence-corrected chi connectivity index (χ2v) is 12.8. The van der Waals surface area contributed by atoms with Gasteiger partial charge in [-0.3, -0.25) is 14.6 Å². The van der Waals surface area contributed by atoms with Crippen LogP contribution in [-0.4, -0.2) is 46.9 Å². The Bertz CT molecular complexity index is 1170. The number of piperazine rings is 1. The molecular formula is C34H44N2O2. The number of rotatable bonds is 6. The first-order valence-electron chi connectivity index (χ1n) is 13.8. The van der Waals surface area contributed by atoms with Crippen molar-refractivity contribution in [2.45, 2.75) is 71.4 Å². The van der Waals surface area contributed by atoms with Crippen LogP contribution in [0.4, 0.5) is 0 Å². The molecule has 202 valence electrons. The van der Waals surface area contributed by atoms with Crippen LogP contribution in [-0.2, 0) is 27.7 Å². The van der Waals surface area contributed by atoms with Crippen LogP contribution >= 0.6 is 0 Å². The molecule has 1 N–H and O–H groups in total. The minimum Gasteiger partial charge on any atom is -0.507 e. The molecule has 0 radical (unpaired) electrons. The van der Waals surface area contributed by atoms with Crippen molar-refractivity contribution in [2.24, 2.45) is 0 Å². The fourth-order valence-corrected chi connectivity index (χ4v) is 5.95. The lowest BCUT2D eigenvalue weighted by Crippen LogP contribution is -2.58. The van der Waals surface area contributed by atoms with E-state index in [1.165, 1.54) is 5.56 Å². The Hall–Kier alpha value is -2.95. The highest BCUT2D eigenvalue weighted by atomic mass is 16.3. The molecule has 0 amide bonds. The van der Waals surface area contributed by atoms with Crippen molar-refractivity contribution in [1.29, 1.82) is 0 Å². The lowest BCUT2D eigenvalue weighted by Gasteiger charge is -2.47. The molecule has 3 aromatic rings. The molecule has 4 rings (SSSR count). The second kappa shape index (κ2) is 10.7. The van der Waals surface area contributed by atoms with Gasteiger partial charge in [-0.15, -0.1) is 0 Å². The van der Waals surface area contributed by atoms with E-state index in [0.717, 1.165) is 55.0 Å². The summed E-state index contributed by atoms with van der Waals surface area (Å²) in [7, 11) is 0. The van der Waals surface area contributed by atoms with E-state index >= 15 is 0 Å². The van der Waals surface area contributed by atoms with Gasteiger partial charge in [-0.25, -0.2) is 0 Å². The summed E-state index contributed by atoms with van der Waals surface area (Å²) in [6.07, 6.45) is 0. The first-order valence-corrected chi connectivity index (χ1v) is 13.8. The van der Waals surface area contributed by atoms with Crippen molar-refractivity contribution in [2.75, 3.05) is 26.2 Å². The lowest BCUT2D eigenvalue weighted by molar-refractivity contribution is -0.128. The first-order chi connectivity index (χ1) is 17.8. The number of carbonyl (C=O) groups excluding carboxylic acids is 1. The van der Waals surface area contributed by atoms with Crippen LogP contribution in [0.15, 0.2) is 72.8 Å². The molecule has 1 heterocycles. The summed E-state index contributed by atoms with van der Waals surface area (Å²) >= 11 is 0. The zero-order valence-corrected chi connectivity index (χ0v) is 24.2.